The predicted octanol–water partition coefficient (Wildman–Crippen LogP) is 3.64. The summed E-state index contributed by atoms with van der Waals surface area (Å²) in [4.78, 5) is 0. The van der Waals surface area contributed by atoms with Crippen LogP contribution in [0.4, 0.5) is 0 Å². The second-order valence-corrected chi connectivity index (χ2v) is 2.01. The van der Waals surface area contributed by atoms with Crippen LogP contribution in [0.2, 0.25) is 0 Å². The van der Waals surface area contributed by atoms with Gasteiger partial charge in [0.15, 0.2) is 0 Å². The van der Waals surface area contributed by atoms with Crippen LogP contribution in [-0.4, -0.2) is 0 Å². The van der Waals surface area contributed by atoms with Crippen molar-refractivity contribution in [3.05, 3.63) is 61.8 Å². The molecule has 0 heterocycles. The van der Waals surface area contributed by atoms with E-state index in [0.717, 1.165) is 12.8 Å². The van der Waals surface area contributed by atoms with Crippen LogP contribution in [0.25, 0.3) is 0 Å². The predicted molar refractivity (Wildman–Crippen MR) is 56.6 cm³/mol. The first-order valence-corrected chi connectivity index (χ1v) is 3.93. The fourth-order valence-corrected chi connectivity index (χ4v) is 0.680. The van der Waals surface area contributed by atoms with Crippen LogP contribution < -0.4 is 0 Å². The number of rotatable bonds is 0. The minimum Gasteiger partial charge on any atom is -1.00 e. The molecule has 0 amide bonds. The van der Waals surface area contributed by atoms with Crippen LogP contribution in [-0.2, 0) is 25.8 Å². The first-order valence-electron chi connectivity index (χ1n) is 3.93. The van der Waals surface area contributed by atoms with Crippen molar-refractivity contribution in [2.24, 2.45) is 0 Å². The Bertz CT molecular complexity index is 164. The molecule has 0 N–H and O–H groups in total. The molecule has 0 fully saturated rings. The quantitative estimate of drug-likeness (QED) is 0.359. The van der Waals surface area contributed by atoms with Crippen LogP contribution >= 0.6 is 0 Å². The molecule has 68 valence electrons. The summed E-state index contributed by atoms with van der Waals surface area (Å²) in [5.74, 6) is 0. The third-order valence-corrected chi connectivity index (χ3v) is 1.17. The van der Waals surface area contributed by atoms with E-state index in [4.69, 9.17) is 0 Å². The van der Waals surface area contributed by atoms with Gasteiger partial charge in [-0.15, -0.1) is 26.0 Å². The van der Waals surface area contributed by atoms with Crippen molar-refractivity contribution in [3.63, 3.8) is 0 Å². The summed E-state index contributed by atoms with van der Waals surface area (Å²) in [5.41, 5.74) is 0. The van der Waals surface area contributed by atoms with E-state index in [-0.39, 0.29) is 28.7 Å². The second kappa shape index (κ2) is 14.1. The van der Waals surface area contributed by atoms with Gasteiger partial charge in [0.2, 0.25) is 0 Å². The van der Waals surface area contributed by atoms with Gasteiger partial charge in [0.1, 0.15) is 0 Å². The van der Waals surface area contributed by atoms with Gasteiger partial charge in [0.25, 0.3) is 0 Å². The Morgan fingerprint density at radius 2 is 1.31 bits per heavy atom. The van der Waals surface area contributed by atoms with Gasteiger partial charge in [0.05, 0.1) is 0 Å². The Kier molecular flexibility index (Phi) is 16.4. The third kappa shape index (κ3) is 11.6. The van der Waals surface area contributed by atoms with E-state index in [0.29, 0.717) is 0 Å². The van der Waals surface area contributed by atoms with Gasteiger partial charge in [-0.3, -0.25) is 12.2 Å². The molecule has 0 aromatic heterocycles. The average molecular weight is 339 g/mol. The van der Waals surface area contributed by atoms with Gasteiger partial charge in [-0.1, -0.05) is 0 Å². The first-order chi connectivity index (χ1) is 6.00. The third-order valence-electron chi connectivity index (χ3n) is 1.17. The first kappa shape index (κ1) is 15.1. The number of hydrogen-bond acceptors (Lipinski definition) is 0. The van der Waals surface area contributed by atoms with Gasteiger partial charge in [-0.25, -0.2) is 24.3 Å². The van der Waals surface area contributed by atoms with Gasteiger partial charge in [-0.2, -0.15) is 12.2 Å². The molecular weight excluding hydrogens is 323 g/mol. The maximum absolute atomic E-state index is 3.00. The molecule has 0 nitrogen and oxygen atoms in total. The fourth-order valence-electron chi connectivity index (χ4n) is 0.680. The molecule has 0 radical (unpaired) electrons. The smallest absolute Gasteiger partial charge is 1.00 e. The van der Waals surface area contributed by atoms with Crippen molar-refractivity contribution in [2.75, 3.05) is 0 Å². The zero-order valence-electron chi connectivity index (χ0n) is 9.79. The standard InChI is InChI=1S/2C5H5.C2H4.Hf.2H/c2*1-2-4-5-3-1;1-2;;;/h2*1-3H,4H2;1-2H2;;;/q2*-1;;+4;2*-1. The van der Waals surface area contributed by atoms with Crippen LogP contribution in [0.15, 0.2) is 49.6 Å². The van der Waals surface area contributed by atoms with E-state index in [1.54, 1.807) is 0 Å². The van der Waals surface area contributed by atoms with E-state index in [1.165, 1.54) is 0 Å². The molecule has 0 aliphatic heterocycles. The van der Waals surface area contributed by atoms with Crippen molar-refractivity contribution in [1.29, 1.82) is 0 Å². The molecule has 0 atom stereocenters. The molecule has 0 aromatic rings. The molecule has 0 bridgehead atoms. The molecule has 2 rings (SSSR count). The average Bonchev–Trinajstić information content (AvgIpc) is 2.87. The Balaban J connectivity index is -0.0000000592. The summed E-state index contributed by atoms with van der Waals surface area (Å²) in [5, 5.41) is 0. The van der Waals surface area contributed by atoms with Gasteiger partial charge in [0, 0.05) is 0 Å². The molecule has 0 aromatic carbocycles. The normalized spacial score (nSPS) is 13.8. The van der Waals surface area contributed by atoms with Crippen LogP contribution in [0.1, 0.15) is 15.7 Å². The van der Waals surface area contributed by atoms with Crippen LogP contribution in [0.3, 0.4) is 0 Å². The van der Waals surface area contributed by atoms with E-state index < -0.39 is 0 Å². The van der Waals surface area contributed by atoms with E-state index >= 15 is 0 Å². The molecule has 0 unspecified atom stereocenters. The molecule has 13 heavy (non-hydrogen) atoms. The second-order valence-electron chi connectivity index (χ2n) is 2.01. The molecular formula is C12H16Hf. The minimum absolute atomic E-state index is 0. The maximum Gasteiger partial charge on any atom is 4.00 e. The molecule has 0 spiro atoms. The minimum atomic E-state index is 0. The van der Waals surface area contributed by atoms with Crippen molar-refractivity contribution < 1.29 is 28.7 Å². The molecule has 0 saturated carbocycles. The molecule has 2 aliphatic rings. The molecule has 1 heteroatoms. The molecule has 0 saturated heterocycles. The van der Waals surface area contributed by atoms with Crippen molar-refractivity contribution in [1.82, 2.24) is 0 Å². The Morgan fingerprint density at radius 3 is 1.38 bits per heavy atom. The van der Waals surface area contributed by atoms with Crippen LogP contribution in [0, 0.1) is 12.2 Å². The van der Waals surface area contributed by atoms with Crippen molar-refractivity contribution in [2.45, 2.75) is 12.8 Å². The Hall–Kier alpha value is -0.430. The zero-order valence-corrected chi connectivity index (χ0v) is 11.4. The SMILES string of the molecule is C=C.[C-]1=CC=CC1.[C-]1=CC=CC1.[H-].[H-].[Hf+4]. The van der Waals surface area contributed by atoms with E-state index in [9.17, 15) is 0 Å². The topological polar surface area (TPSA) is 0 Å². The van der Waals surface area contributed by atoms with E-state index in [1.807, 2.05) is 24.3 Å². The van der Waals surface area contributed by atoms with Gasteiger partial charge >= 0.3 is 25.8 Å². The monoisotopic (exact) mass is 340 g/mol. The van der Waals surface area contributed by atoms with Gasteiger partial charge in [-0.05, 0) is 0 Å². The van der Waals surface area contributed by atoms with E-state index in [2.05, 4.69) is 37.5 Å². The van der Waals surface area contributed by atoms with Gasteiger partial charge < -0.3 is 2.85 Å². The zero-order chi connectivity index (χ0) is 9.07. The maximum atomic E-state index is 3.00. The summed E-state index contributed by atoms with van der Waals surface area (Å²) in [6.45, 7) is 6.00. The van der Waals surface area contributed by atoms with Crippen molar-refractivity contribution in [3.8, 4) is 0 Å². The van der Waals surface area contributed by atoms with Crippen molar-refractivity contribution >= 4 is 0 Å². The summed E-state index contributed by atoms with van der Waals surface area (Å²) in [6, 6.07) is 0. The summed E-state index contributed by atoms with van der Waals surface area (Å²) in [6.07, 6.45) is 20.0. The summed E-state index contributed by atoms with van der Waals surface area (Å²) >= 11 is 0. The largest absolute Gasteiger partial charge is 4.00 e. The number of hydrogen-bond donors (Lipinski definition) is 0. The fraction of sp³-hybridized carbons (Fsp3) is 0.167. The summed E-state index contributed by atoms with van der Waals surface area (Å²) in [7, 11) is 0. The Labute approximate surface area is 103 Å². The number of allylic oxidation sites excluding steroid dienone is 8. The van der Waals surface area contributed by atoms with Crippen LogP contribution in [0.5, 0.6) is 0 Å². The molecule has 2 aliphatic carbocycles. The Morgan fingerprint density at radius 1 is 0.923 bits per heavy atom. The summed E-state index contributed by atoms with van der Waals surface area (Å²) < 4.78 is 0.